The van der Waals surface area contributed by atoms with E-state index < -0.39 is 0 Å². The Balaban J connectivity index is 1.70. The normalized spacial score (nSPS) is 20.1. The van der Waals surface area contributed by atoms with Gasteiger partial charge in [0, 0.05) is 5.92 Å². The quantitative estimate of drug-likeness (QED) is 0.847. The zero-order valence-corrected chi connectivity index (χ0v) is 11.6. The molecular weight excluding hydrogens is 269 g/mol. The second-order valence-corrected chi connectivity index (χ2v) is 5.48. The van der Waals surface area contributed by atoms with Gasteiger partial charge in [-0.3, -0.25) is 4.79 Å². The van der Waals surface area contributed by atoms with Gasteiger partial charge in [-0.1, -0.05) is 24.3 Å². The fourth-order valence-electron chi connectivity index (χ4n) is 2.58. The van der Waals surface area contributed by atoms with E-state index in [1.54, 1.807) is 30.3 Å². The number of anilines is 1. The van der Waals surface area contributed by atoms with Crippen molar-refractivity contribution in [2.24, 2.45) is 5.92 Å². The number of benzene rings is 2. The minimum Gasteiger partial charge on any atom is -0.506 e. The molecule has 0 bridgehead atoms. The number of phenolic OH excluding ortho intramolecular Hbond substituents is 1. The molecule has 2 atom stereocenters. The summed E-state index contributed by atoms with van der Waals surface area (Å²) in [5.74, 6) is -0.703. The molecule has 4 heteroatoms. The Morgan fingerprint density at radius 3 is 2.76 bits per heavy atom. The average Bonchev–Trinajstić information content (AvgIpc) is 3.23. The van der Waals surface area contributed by atoms with E-state index in [4.69, 9.17) is 0 Å². The SMILES string of the molecule is Cc1ccc(NC(=O)[C@@H]2C[C@H]2c2ccccc2F)c(O)c1. The minimum atomic E-state index is -0.268. The predicted octanol–water partition coefficient (Wildman–Crippen LogP) is 3.58. The number of rotatable bonds is 3. The molecule has 0 unspecified atom stereocenters. The van der Waals surface area contributed by atoms with Crippen molar-refractivity contribution in [2.75, 3.05) is 5.32 Å². The topological polar surface area (TPSA) is 49.3 Å². The Labute approximate surface area is 122 Å². The summed E-state index contributed by atoms with van der Waals surface area (Å²) in [5, 5.41) is 12.5. The van der Waals surface area contributed by atoms with E-state index in [1.807, 2.05) is 13.0 Å². The van der Waals surface area contributed by atoms with Gasteiger partial charge in [0.25, 0.3) is 0 Å². The molecule has 1 saturated carbocycles. The maximum absolute atomic E-state index is 13.7. The van der Waals surface area contributed by atoms with E-state index in [1.165, 1.54) is 6.07 Å². The van der Waals surface area contributed by atoms with Crippen LogP contribution in [0.15, 0.2) is 42.5 Å². The molecule has 21 heavy (non-hydrogen) atoms. The minimum absolute atomic E-state index is 0.0476. The largest absolute Gasteiger partial charge is 0.506 e. The summed E-state index contributed by atoms with van der Waals surface area (Å²) in [6.07, 6.45) is 0.638. The van der Waals surface area contributed by atoms with Gasteiger partial charge in [-0.15, -0.1) is 0 Å². The third-order valence-electron chi connectivity index (χ3n) is 3.84. The maximum Gasteiger partial charge on any atom is 0.228 e. The van der Waals surface area contributed by atoms with E-state index >= 15 is 0 Å². The van der Waals surface area contributed by atoms with Crippen LogP contribution < -0.4 is 5.32 Å². The van der Waals surface area contributed by atoms with Crippen LogP contribution in [0, 0.1) is 18.7 Å². The Bertz CT molecular complexity index is 699. The lowest BCUT2D eigenvalue weighted by Crippen LogP contribution is -2.14. The summed E-state index contributed by atoms with van der Waals surface area (Å²) in [6, 6.07) is 11.6. The van der Waals surface area contributed by atoms with Crippen molar-refractivity contribution in [2.45, 2.75) is 19.3 Å². The summed E-state index contributed by atoms with van der Waals surface area (Å²) in [5.41, 5.74) is 1.90. The van der Waals surface area contributed by atoms with Gasteiger partial charge in [0.15, 0.2) is 0 Å². The van der Waals surface area contributed by atoms with E-state index in [-0.39, 0.29) is 29.3 Å². The second-order valence-electron chi connectivity index (χ2n) is 5.48. The van der Waals surface area contributed by atoms with Crippen LogP contribution in [0.3, 0.4) is 0 Å². The summed E-state index contributed by atoms with van der Waals surface area (Å²) in [4.78, 5) is 12.2. The Morgan fingerprint density at radius 2 is 2.05 bits per heavy atom. The van der Waals surface area contributed by atoms with Crippen LogP contribution in [-0.2, 0) is 4.79 Å². The van der Waals surface area contributed by atoms with Crippen molar-refractivity contribution >= 4 is 11.6 Å². The number of aryl methyl sites for hydroxylation is 1. The van der Waals surface area contributed by atoms with Crippen molar-refractivity contribution in [3.8, 4) is 5.75 Å². The number of carbonyl (C=O) groups is 1. The van der Waals surface area contributed by atoms with E-state index in [2.05, 4.69) is 5.32 Å². The lowest BCUT2D eigenvalue weighted by molar-refractivity contribution is -0.117. The number of hydrogen-bond donors (Lipinski definition) is 2. The Kier molecular flexibility index (Phi) is 3.37. The first-order valence-corrected chi connectivity index (χ1v) is 6.91. The van der Waals surface area contributed by atoms with Gasteiger partial charge in [-0.05, 0) is 48.6 Å². The van der Waals surface area contributed by atoms with E-state index in [0.29, 0.717) is 17.7 Å². The lowest BCUT2D eigenvalue weighted by Gasteiger charge is -2.08. The van der Waals surface area contributed by atoms with Crippen LogP contribution in [0.1, 0.15) is 23.5 Å². The first-order valence-electron chi connectivity index (χ1n) is 6.91. The molecule has 1 fully saturated rings. The fourth-order valence-corrected chi connectivity index (χ4v) is 2.58. The monoisotopic (exact) mass is 285 g/mol. The van der Waals surface area contributed by atoms with Gasteiger partial charge in [-0.2, -0.15) is 0 Å². The standard InChI is InChI=1S/C17H16FNO2/c1-10-6-7-15(16(20)8-10)19-17(21)13-9-12(13)11-4-2-3-5-14(11)18/h2-8,12-13,20H,9H2,1H3,(H,19,21)/t12-,13+/m0/s1. The molecule has 1 aliphatic rings. The average molecular weight is 285 g/mol. The number of carbonyl (C=O) groups excluding carboxylic acids is 1. The molecule has 0 aliphatic heterocycles. The number of nitrogens with one attached hydrogen (secondary N) is 1. The van der Waals surface area contributed by atoms with Crippen LogP contribution >= 0.6 is 0 Å². The number of hydrogen-bond acceptors (Lipinski definition) is 2. The molecular formula is C17H16FNO2. The Hall–Kier alpha value is -2.36. The van der Waals surface area contributed by atoms with E-state index in [0.717, 1.165) is 5.56 Å². The number of aromatic hydroxyl groups is 1. The summed E-state index contributed by atoms with van der Waals surface area (Å²) in [6.45, 7) is 1.86. The molecule has 0 radical (unpaired) electrons. The van der Waals surface area contributed by atoms with Gasteiger partial charge < -0.3 is 10.4 Å². The summed E-state index contributed by atoms with van der Waals surface area (Å²) in [7, 11) is 0. The maximum atomic E-state index is 13.7. The third-order valence-corrected chi connectivity index (χ3v) is 3.84. The first kappa shape index (κ1) is 13.6. The molecule has 108 valence electrons. The number of amides is 1. The number of phenols is 1. The second kappa shape index (κ2) is 5.20. The van der Waals surface area contributed by atoms with Crippen LogP contribution in [0.5, 0.6) is 5.75 Å². The number of halogens is 1. The van der Waals surface area contributed by atoms with Crippen molar-refractivity contribution in [1.29, 1.82) is 0 Å². The van der Waals surface area contributed by atoms with Crippen molar-refractivity contribution in [3.05, 3.63) is 59.4 Å². The lowest BCUT2D eigenvalue weighted by atomic mass is 10.1. The first-order chi connectivity index (χ1) is 10.1. The smallest absolute Gasteiger partial charge is 0.228 e. The molecule has 2 N–H and O–H groups in total. The summed E-state index contributed by atoms with van der Waals surface area (Å²) < 4.78 is 13.7. The molecule has 1 aliphatic carbocycles. The molecule has 0 saturated heterocycles. The Morgan fingerprint density at radius 1 is 1.29 bits per heavy atom. The van der Waals surface area contributed by atoms with E-state index in [9.17, 15) is 14.3 Å². The van der Waals surface area contributed by atoms with Crippen LogP contribution in [0.2, 0.25) is 0 Å². The highest BCUT2D eigenvalue weighted by molar-refractivity contribution is 5.96. The van der Waals surface area contributed by atoms with Gasteiger partial charge in [-0.25, -0.2) is 4.39 Å². The fraction of sp³-hybridized carbons (Fsp3) is 0.235. The van der Waals surface area contributed by atoms with Gasteiger partial charge >= 0.3 is 0 Å². The van der Waals surface area contributed by atoms with Crippen molar-refractivity contribution in [3.63, 3.8) is 0 Å². The molecule has 3 nitrogen and oxygen atoms in total. The molecule has 1 amide bonds. The van der Waals surface area contributed by atoms with Crippen LogP contribution in [-0.4, -0.2) is 11.0 Å². The van der Waals surface area contributed by atoms with Crippen LogP contribution in [0.4, 0.5) is 10.1 Å². The molecule has 0 heterocycles. The molecule has 2 aromatic rings. The van der Waals surface area contributed by atoms with Gasteiger partial charge in [0.2, 0.25) is 5.91 Å². The van der Waals surface area contributed by atoms with Crippen molar-refractivity contribution < 1.29 is 14.3 Å². The third kappa shape index (κ3) is 2.75. The zero-order chi connectivity index (χ0) is 15.0. The van der Waals surface area contributed by atoms with Crippen LogP contribution in [0.25, 0.3) is 0 Å². The zero-order valence-electron chi connectivity index (χ0n) is 11.6. The van der Waals surface area contributed by atoms with Crippen molar-refractivity contribution in [1.82, 2.24) is 0 Å². The van der Waals surface area contributed by atoms with Gasteiger partial charge in [0.05, 0.1) is 5.69 Å². The van der Waals surface area contributed by atoms with Gasteiger partial charge in [0.1, 0.15) is 11.6 Å². The summed E-state index contributed by atoms with van der Waals surface area (Å²) >= 11 is 0. The predicted molar refractivity (Wildman–Crippen MR) is 78.7 cm³/mol. The highest BCUT2D eigenvalue weighted by Gasteiger charge is 2.45. The highest BCUT2D eigenvalue weighted by atomic mass is 19.1. The highest BCUT2D eigenvalue weighted by Crippen LogP contribution is 2.48. The molecule has 0 aromatic heterocycles. The molecule has 2 aromatic carbocycles. The molecule has 0 spiro atoms. The molecule has 3 rings (SSSR count).